The van der Waals surface area contributed by atoms with Crippen LogP contribution in [0.1, 0.15) is 51.0 Å². The van der Waals surface area contributed by atoms with E-state index >= 15 is 0 Å². The fourth-order valence-electron chi connectivity index (χ4n) is 2.53. The van der Waals surface area contributed by atoms with E-state index in [1.165, 1.54) is 48.3 Å². The first-order valence-electron chi connectivity index (χ1n) is 7.28. The summed E-state index contributed by atoms with van der Waals surface area (Å²) < 4.78 is 0. The number of hydrogen-bond acceptors (Lipinski definition) is 1. The molecule has 0 heterocycles. The predicted octanol–water partition coefficient (Wildman–Crippen LogP) is 5.78. The Bertz CT molecular complexity index is 375. The van der Waals surface area contributed by atoms with Crippen LogP contribution in [0.15, 0.2) is 35.2 Å². The third kappa shape index (κ3) is 4.53. The molecule has 0 spiro atoms. The third-order valence-corrected chi connectivity index (χ3v) is 4.84. The Hall–Kier alpha value is -0.690. The second-order valence-electron chi connectivity index (χ2n) is 5.20. The van der Waals surface area contributed by atoms with Crippen molar-refractivity contribution in [3.05, 3.63) is 35.9 Å². The summed E-state index contributed by atoms with van der Waals surface area (Å²) in [6, 6.07) is 8.94. The van der Waals surface area contributed by atoms with Gasteiger partial charge in [0.25, 0.3) is 0 Å². The summed E-state index contributed by atoms with van der Waals surface area (Å²) in [5, 5.41) is 0. The van der Waals surface area contributed by atoms with E-state index in [9.17, 15) is 0 Å². The highest BCUT2D eigenvalue weighted by molar-refractivity contribution is 7.99. The van der Waals surface area contributed by atoms with Gasteiger partial charge in [-0.1, -0.05) is 50.5 Å². The van der Waals surface area contributed by atoms with E-state index in [1.54, 1.807) is 0 Å². The molecule has 0 nitrogen and oxygen atoms in total. The van der Waals surface area contributed by atoms with Gasteiger partial charge in [-0.15, -0.1) is 11.8 Å². The first kappa shape index (κ1) is 13.7. The summed E-state index contributed by atoms with van der Waals surface area (Å²) >= 11 is 2.04. The summed E-state index contributed by atoms with van der Waals surface area (Å²) in [4.78, 5) is 1.43. The molecular formula is C17H24S. The highest BCUT2D eigenvalue weighted by Crippen LogP contribution is 2.30. The minimum Gasteiger partial charge on any atom is -0.126 e. The molecule has 0 aliphatic heterocycles. The van der Waals surface area contributed by atoms with Gasteiger partial charge in [-0.25, -0.2) is 0 Å². The Kier molecular flexibility index (Phi) is 5.86. The van der Waals surface area contributed by atoms with Gasteiger partial charge < -0.3 is 0 Å². The molecule has 1 aliphatic rings. The van der Waals surface area contributed by atoms with Crippen molar-refractivity contribution in [2.24, 2.45) is 5.92 Å². The highest BCUT2D eigenvalue weighted by Gasteiger charge is 2.13. The van der Waals surface area contributed by atoms with Gasteiger partial charge in [0.2, 0.25) is 0 Å². The van der Waals surface area contributed by atoms with Crippen molar-refractivity contribution in [3.8, 4) is 0 Å². The van der Waals surface area contributed by atoms with Crippen molar-refractivity contribution in [1.82, 2.24) is 0 Å². The summed E-state index contributed by atoms with van der Waals surface area (Å²) in [6.45, 7) is 2.18. The van der Waals surface area contributed by atoms with E-state index in [2.05, 4.69) is 43.3 Å². The quantitative estimate of drug-likeness (QED) is 0.604. The van der Waals surface area contributed by atoms with Crippen LogP contribution in [0.4, 0.5) is 0 Å². The molecule has 2 rings (SSSR count). The molecule has 0 atom stereocenters. The van der Waals surface area contributed by atoms with Gasteiger partial charge in [0.1, 0.15) is 0 Å². The van der Waals surface area contributed by atoms with Crippen LogP contribution in [0.2, 0.25) is 0 Å². The average molecular weight is 260 g/mol. The predicted molar refractivity (Wildman–Crippen MR) is 83.1 cm³/mol. The minimum absolute atomic E-state index is 0.957. The third-order valence-electron chi connectivity index (χ3n) is 3.61. The molecule has 0 aromatic heterocycles. The molecule has 0 unspecified atom stereocenters. The Balaban J connectivity index is 1.86. The van der Waals surface area contributed by atoms with Gasteiger partial charge in [-0.05, 0) is 42.9 Å². The summed E-state index contributed by atoms with van der Waals surface area (Å²) in [5.74, 6) is 2.26. The standard InChI is InChI=1S/C17H24S/c1-2-3-8-15-11-7-12-17(13-15)18-14-16-9-5-4-6-10-16/h3,7-8,11-13,16H,2,4-6,9-10,14H2,1H3. The van der Waals surface area contributed by atoms with Gasteiger partial charge in [0.05, 0.1) is 0 Å². The van der Waals surface area contributed by atoms with Gasteiger partial charge in [-0.2, -0.15) is 0 Å². The van der Waals surface area contributed by atoms with Crippen LogP contribution in [0.3, 0.4) is 0 Å². The lowest BCUT2D eigenvalue weighted by Crippen LogP contribution is -2.08. The van der Waals surface area contributed by atoms with E-state index in [1.807, 2.05) is 11.8 Å². The normalized spacial score (nSPS) is 17.4. The molecule has 0 saturated heterocycles. The number of benzene rings is 1. The fraction of sp³-hybridized carbons (Fsp3) is 0.529. The lowest BCUT2D eigenvalue weighted by atomic mass is 9.91. The van der Waals surface area contributed by atoms with E-state index in [0.29, 0.717) is 0 Å². The summed E-state index contributed by atoms with van der Waals surface area (Å²) in [5.41, 5.74) is 1.34. The monoisotopic (exact) mass is 260 g/mol. The molecule has 98 valence electrons. The smallest absolute Gasteiger partial charge is 0.00780 e. The first-order valence-corrected chi connectivity index (χ1v) is 8.26. The maximum absolute atomic E-state index is 2.32. The SMILES string of the molecule is CCC=Cc1cccc(SCC2CCCCC2)c1. The van der Waals surface area contributed by atoms with Crippen LogP contribution in [0.25, 0.3) is 6.08 Å². The summed E-state index contributed by atoms with van der Waals surface area (Å²) in [7, 11) is 0. The Morgan fingerprint density at radius 2 is 2.06 bits per heavy atom. The van der Waals surface area contributed by atoms with Crippen LogP contribution in [-0.2, 0) is 0 Å². The Morgan fingerprint density at radius 3 is 2.83 bits per heavy atom. The molecule has 1 heteroatoms. The lowest BCUT2D eigenvalue weighted by molar-refractivity contribution is 0.391. The van der Waals surface area contributed by atoms with Gasteiger partial charge in [0.15, 0.2) is 0 Å². The molecular weight excluding hydrogens is 236 g/mol. The van der Waals surface area contributed by atoms with Crippen molar-refractivity contribution in [2.75, 3.05) is 5.75 Å². The first-order chi connectivity index (χ1) is 8.88. The average Bonchev–Trinajstić information content (AvgIpc) is 2.44. The Morgan fingerprint density at radius 1 is 1.22 bits per heavy atom. The maximum atomic E-state index is 2.32. The number of thioether (sulfide) groups is 1. The van der Waals surface area contributed by atoms with Gasteiger partial charge in [-0.3, -0.25) is 0 Å². The van der Waals surface area contributed by atoms with Crippen molar-refractivity contribution < 1.29 is 0 Å². The van der Waals surface area contributed by atoms with Crippen LogP contribution in [-0.4, -0.2) is 5.75 Å². The molecule has 18 heavy (non-hydrogen) atoms. The lowest BCUT2D eigenvalue weighted by Gasteiger charge is -2.20. The van der Waals surface area contributed by atoms with Crippen LogP contribution in [0, 0.1) is 5.92 Å². The minimum atomic E-state index is 0.957. The van der Waals surface area contributed by atoms with Crippen LogP contribution < -0.4 is 0 Å². The van der Waals surface area contributed by atoms with E-state index in [-0.39, 0.29) is 0 Å². The highest BCUT2D eigenvalue weighted by atomic mass is 32.2. The van der Waals surface area contributed by atoms with Gasteiger partial charge in [0, 0.05) is 10.6 Å². The maximum Gasteiger partial charge on any atom is 0.00780 e. The van der Waals surface area contributed by atoms with Crippen molar-refractivity contribution in [2.45, 2.75) is 50.3 Å². The van der Waals surface area contributed by atoms with Crippen LogP contribution >= 0.6 is 11.8 Å². The molecule has 0 radical (unpaired) electrons. The fourth-order valence-corrected chi connectivity index (χ4v) is 3.69. The van der Waals surface area contributed by atoms with Crippen LogP contribution in [0.5, 0.6) is 0 Å². The number of hydrogen-bond donors (Lipinski definition) is 0. The Labute approximate surface area is 116 Å². The second kappa shape index (κ2) is 7.68. The molecule has 1 aromatic carbocycles. The van der Waals surface area contributed by atoms with Crippen molar-refractivity contribution in [1.29, 1.82) is 0 Å². The van der Waals surface area contributed by atoms with E-state index < -0.39 is 0 Å². The topological polar surface area (TPSA) is 0 Å². The molecule has 1 aliphatic carbocycles. The molecule has 0 N–H and O–H groups in total. The summed E-state index contributed by atoms with van der Waals surface area (Å²) in [6.07, 6.45) is 12.8. The zero-order valence-corrected chi connectivity index (χ0v) is 12.2. The molecule has 0 bridgehead atoms. The van der Waals surface area contributed by atoms with E-state index in [4.69, 9.17) is 0 Å². The largest absolute Gasteiger partial charge is 0.126 e. The van der Waals surface area contributed by atoms with Crippen molar-refractivity contribution >= 4 is 17.8 Å². The zero-order chi connectivity index (χ0) is 12.6. The second-order valence-corrected chi connectivity index (χ2v) is 6.29. The van der Waals surface area contributed by atoms with Gasteiger partial charge >= 0.3 is 0 Å². The molecule has 1 aromatic rings. The van der Waals surface area contributed by atoms with E-state index in [0.717, 1.165) is 12.3 Å². The van der Waals surface area contributed by atoms with Crippen molar-refractivity contribution in [3.63, 3.8) is 0 Å². The molecule has 1 saturated carbocycles. The number of allylic oxidation sites excluding steroid dienone is 1. The zero-order valence-electron chi connectivity index (χ0n) is 11.4. The molecule has 0 amide bonds. The number of rotatable bonds is 5. The molecule has 1 fully saturated rings.